The lowest BCUT2D eigenvalue weighted by Gasteiger charge is -2.48. The first-order valence-electron chi connectivity index (χ1n) is 12.9. The van der Waals surface area contributed by atoms with Gasteiger partial charge in [-0.2, -0.15) is 0 Å². The quantitative estimate of drug-likeness (QED) is 0.298. The van der Waals surface area contributed by atoms with E-state index in [9.17, 15) is 34.8 Å². The number of primary amides is 1. The number of benzene rings is 2. The lowest BCUT2D eigenvalue weighted by molar-refractivity contribution is -0.149. The molecular formula is C28H29N3O8. The molecule has 2 aromatic rings. The summed E-state index contributed by atoms with van der Waals surface area (Å²) in [6, 6.07) is 6.11. The molecule has 6 rings (SSSR count). The second-order valence-electron chi connectivity index (χ2n) is 10.8. The van der Waals surface area contributed by atoms with Crippen molar-refractivity contribution >= 4 is 34.0 Å². The Morgan fingerprint density at radius 3 is 2.54 bits per heavy atom. The van der Waals surface area contributed by atoms with Crippen molar-refractivity contribution in [3.8, 4) is 5.75 Å². The number of hydrogen-bond acceptors (Lipinski definition) is 10. The fraction of sp³-hybridized carbons (Fsp3) is 0.393. The summed E-state index contributed by atoms with van der Waals surface area (Å²) >= 11 is 0. The Kier molecular flexibility index (Phi) is 5.81. The van der Waals surface area contributed by atoms with Crippen LogP contribution in [0, 0.1) is 11.8 Å². The van der Waals surface area contributed by atoms with E-state index in [1.165, 1.54) is 0 Å². The number of ketones is 2. The van der Waals surface area contributed by atoms with Crippen molar-refractivity contribution in [1.82, 2.24) is 4.90 Å². The minimum atomic E-state index is -2.72. The number of ether oxygens (including phenoxy) is 1. The van der Waals surface area contributed by atoms with E-state index in [-0.39, 0.29) is 29.7 Å². The Labute approximate surface area is 222 Å². The van der Waals surface area contributed by atoms with Crippen LogP contribution in [0.3, 0.4) is 0 Å². The average molecular weight is 536 g/mol. The molecule has 0 aromatic heterocycles. The van der Waals surface area contributed by atoms with Crippen LogP contribution < -0.4 is 11.5 Å². The van der Waals surface area contributed by atoms with Crippen molar-refractivity contribution in [2.45, 2.75) is 31.0 Å². The van der Waals surface area contributed by atoms with Crippen LogP contribution in [-0.2, 0) is 32.1 Å². The van der Waals surface area contributed by atoms with E-state index >= 15 is 0 Å². The first-order chi connectivity index (χ1) is 18.5. The average Bonchev–Trinajstić information content (AvgIpc) is 2.90. The van der Waals surface area contributed by atoms with Gasteiger partial charge in [0.2, 0.25) is 5.78 Å². The van der Waals surface area contributed by atoms with Gasteiger partial charge in [-0.05, 0) is 41.3 Å². The molecule has 2 aromatic carbocycles. The third-order valence-electron chi connectivity index (χ3n) is 8.63. The third-order valence-corrected chi connectivity index (χ3v) is 8.63. The Morgan fingerprint density at radius 1 is 1.13 bits per heavy atom. The number of rotatable bonds is 3. The number of morpholine rings is 1. The molecule has 0 bridgehead atoms. The SMILES string of the molecule is NC(=O)C1=C(O)[C@@]2(O)C(=O)C3=C(O)c4c(cc5ccc(CN6CCOCC6)cc5c4O)C[C@H]3C[C@H]2[C@H](N)C1=O. The van der Waals surface area contributed by atoms with Crippen molar-refractivity contribution in [3.05, 3.63) is 57.9 Å². The summed E-state index contributed by atoms with van der Waals surface area (Å²) in [5, 5.41) is 46.1. The molecule has 0 spiro atoms. The first-order valence-corrected chi connectivity index (χ1v) is 12.9. The Bertz CT molecular complexity index is 1520. The Hall–Kier alpha value is -3.77. The topological polar surface area (TPSA) is 197 Å². The zero-order valence-corrected chi connectivity index (χ0v) is 21.0. The molecule has 11 nitrogen and oxygen atoms in total. The van der Waals surface area contributed by atoms with Crippen LogP contribution in [0.15, 0.2) is 41.2 Å². The van der Waals surface area contributed by atoms with Gasteiger partial charge in [-0.1, -0.05) is 18.2 Å². The normalized spacial score (nSPS) is 29.3. The largest absolute Gasteiger partial charge is 0.508 e. The predicted molar refractivity (Wildman–Crippen MR) is 138 cm³/mol. The van der Waals surface area contributed by atoms with Crippen LogP contribution >= 0.6 is 0 Å². The van der Waals surface area contributed by atoms with Crippen LogP contribution in [0.25, 0.3) is 16.5 Å². The van der Waals surface area contributed by atoms with E-state index in [0.717, 1.165) is 24.0 Å². The molecule has 1 saturated carbocycles. The molecule has 1 heterocycles. The van der Waals surface area contributed by atoms with Crippen molar-refractivity contribution in [1.29, 1.82) is 0 Å². The van der Waals surface area contributed by atoms with Gasteiger partial charge in [0.05, 0.1) is 24.8 Å². The van der Waals surface area contributed by atoms with Gasteiger partial charge < -0.3 is 36.6 Å². The monoisotopic (exact) mass is 535 g/mol. The number of phenols is 1. The first kappa shape index (κ1) is 25.5. The van der Waals surface area contributed by atoms with Crippen LogP contribution in [0.2, 0.25) is 0 Å². The van der Waals surface area contributed by atoms with Gasteiger partial charge in [-0.3, -0.25) is 19.3 Å². The maximum atomic E-state index is 13.7. The fourth-order valence-corrected chi connectivity index (χ4v) is 6.65. The lowest BCUT2D eigenvalue weighted by atomic mass is 9.58. The molecule has 3 aliphatic carbocycles. The molecule has 8 N–H and O–H groups in total. The van der Waals surface area contributed by atoms with Gasteiger partial charge in [-0.25, -0.2) is 0 Å². The summed E-state index contributed by atoms with van der Waals surface area (Å²) in [5.74, 6) is -7.11. The number of aliphatic hydroxyl groups is 3. The number of nitrogens with zero attached hydrogens (tertiary/aromatic N) is 1. The number of fused-ring (bicyclic) bond motifs is 4. The fourth-order valence-electron chi connectivity index (χ4n) is 6.65. The van der Waals surface area contributed by atoms with E-state index in [2.05, 4.69) is 4.90 Å². The van der Waals surface area contributed by atoms with Gasteiger partial charge in [0.1, 0.15) is 22.8 Å². The van der Waals surface area contributed by atoms with Crippen molar-refractivity contribution < 1.29 is 39.5 Å². The Morgan fingerprint density at radius 2 is 1.85 bits per heavy atom. The highest BCUT2D eigenvalue weighted by Gasteiger charge is 2.63. The molecule has 4 aliphatic rings. The number of aliphatic hydroxyl groups excluding tert-OH is 2. The zero-order chi connectivity index (χ0) is 27.8. The van der Waals surface area contributed by atoms with Crippen LogP contribution in [-0.4, -0.2) is 80.7 Å². The number of carbonyl (C=O) groups is 3. The summed E-state index contributed by atoms with van der Waals surface area (Å²) < 4.78 is 5.40. The van der Waals surface area contributed by atoms with E-state index in [0.29, 0.717) is 30.7 Å². The lowest BCUT2D eigenvalue weighted by Crippen LogP contribution is -2.65. The van der Waals surface area contributed by atoms with Gasteiger partial charge in [0.15, 0.2) is 11.4 Å². The third kappa shape index (κ3) is 3.61. The molecular weight excluding hydrogens is 506 g/mol. The second kappa shape index (κ2) is 8.88. The number of aromatic hydroxyl groups is 1. The molecule has 1 saturated heterocycles. The smallest absolute Gasteiger partial charge is 0.255 e. The number of nitrogens with two attached hydrogens (primary N) is 2. The number of hydrogen-bond donors (Lipinski definition) is 6. The summed E-state index contributed by atoms with van der Waals surface area (Å²) in [5.41, 5.74) is 9.09. The molecule has 11 heteroatoms. The van der Waals surface area contributed by atoms with Gasteiger partial charge in [0.25, 0.3) is 5.91 Å². The van der Waals surface area contributed by atoms with E-state index < -0.39 is 58.0 Å². The van der Waals surface area contributed by atoms with Crippen molar-refractivity contribution in [2.24, 2.45) is 23.3 Å². The predicted octanol–water partition coefficient (Wildman–Crippen LogP) is 0.347. The molecule has 1 aliphatic heterocycles. The molecule has 4 atom stereocenters. The summed E-state index contributed by atoms with van der Waals surface area (Å²) in [7, 11) is 0. The van der Waals surface area contributed by atoms with E-state index in [4.69, 9.17) is 16.2 Å². The zero-order valence-electron chi connectivity index (χ0n) is 21.0. The van der Waals surface area contributed by atoms with Gasteiger partial charge in [0, 0.05) is 36.5 Å². The van der Waals surface area contributed by atoms with Crippen LogP contribution in [0.4, 0.5) is 0 Å². The van der Waals surface area contributed by atoms with Crippen LogP contribution in [0.5, 0.6) is 5.75 Å². The molecule has 39 heavy (non-hydrogen) atoms. The molecule has 204 valence electrons. The number of Topliss-reactive ketones (excluding diaryl/α,β-unsaturated/α-hetero) is 2. The number of phenolic OH excluding ortho intramolecular Hbond substituents is 1. The molecule has 0 unspecified atom stereocenters. The highest BCUT2D eigenvalue weighted by Crippen LogP contribution is 2.52. The minimum absolute atomic E-state index is 0.0264. The van der Waals surface area contributed by atoms with E-state index in [1.54, 1.807) is 0 Å². The summed E-state index contributed by atoms with van der Waals surface area (Å²) in [6.07, 6.45) is 0.196. The maximum Gasteiger partial charge on any atom is 0.255 e. The second-order valence-corrected chi connectivity index (χ2v) is 10.8. The number of carbonyl (C=O) groups excluding carboxylic acids is 3. The molecule has 0 radical (unpaired) electrons. The summed E-state index contributed by atoms with van der Waals surface area (Å²) in [4.78, 5) is 40.5. The number of amides is 1. The Balaban J connectivity index is 1.46. The van der Waals surface area contributed by atoms with Gasteiger partial charge >= 0.3 is 0 Å². The van der Waals surface area contributed by atoms with Crippen molar-refractivity contribution in [3.63, 3.8) is 0 Å². The molecule has 1 amide bonds. The summed E-state index contributed by atoms with van der Waals surface area (Å²) in [6.45, 7) is 3.55. The highest BCUT2D eigenvalue weighted by atomic mass is 16.5. The van der Waals surface area contributed by atoms with E-state index in [1.807, 2.05) is 24.3 Å². The minimum Gasteiger partial charge on any atom is -0.508 e. The van der Waals surface area contributed by atoms with Crippen LogP contribution in [0.1, 0.15) is 23.1 Å². The van der Waals surface area contributed by atoms with Crippen molar-refractivity contribution in [2.75, 3.05) is 26.3 Å². The standard InChI is InChI=1S/C28H29N3O8/c29-21-17-10-15-9-14-8-13-2-1-12(11-31-3-5-39-6-4-31)7-16(13)22(32)18(14)23(33)19(15)25(35)28(17,38)26(36)20(24(21)34)27(30)37/h1-2,7-8,15,17,21,32-33,36,38H,3-6,9-11,29H2,(H2,30,37)/t15-,17-,21-,28-/m0/s1. The highest BCUT2D eigenvalue weighted by molar-refractivity contribution is 6.24. The molecule has 2 fully saturated rings. The maximum absolute atomic E-state index is 13.7. The van der Waals surface area contributed by atoms with Gasteiger partial charge in [-0.15, -0.1) is 0 Å².